The molecule has 0 saturated heterocycles. The zero-order valence-corrected chi connectivity index (χ0v) is 16.3. The maximum atomic E-state index is 12.2. The van der Waals surface area contributed by atoms with Gasteiger partial charge < -0.3 is 10.3 Å². The normalized spacial score (nSPS) is 12.0. The molecule has 4 aromatic rings. The van der Waals surface area contributed by atoms with Crippen molar-refractivity contribution in [2.45, 2.75) is 4.90 Å². The number of thiazole rings is 1. The second kappa shape index (κ2) is 6.76. The molecule has 0 aliphatic rings. The van der Waals surface area contributed by atoms with Crippen molar-refractivity contribution in [2.24, 2.45) is 0 Å². The van der Waals surface area contributed by atoms with E-state index >= 15 is 0 Å². The highest BCUT2D eigenvalue weighted by atomic mass is 32.2. The van der Waals surface area contributed by atoms with Gasteiger partial charge in [-0.1, -0.05) is 12.1 Å². The summed E-state index contributed by atoms with van der Waals surface area (Å²) in [6, 6.07) is 12.6. The molecule has 4 rings (SSSR count). The summed E-state index contributed by atoms with van der Waals surface area (Å²) in [6.45, 7) is 0. The van der Waals surface area contributed by atoms with Crippen LogP contribution in [0, 0.1) is 0 Å². The second-order valence-electron chi connectivity index (χ2n) is 6.11. The number of sulfonamides is 1. The molecular formula is C18H17N5O2S2. The fraction of sp³-hybridized carbons (Fsp3) is 0.111. The van der Waals surface area contributed by atoms with Crippen molar-refractivity contribution < 1.29 is 8.42 Å². The maximum absolute atomic E-state index is 12.2. The minimum atomic E-state index is -3.43. The van der Waals surface area contributed by atoms with Crippen molar-refractivity contribution in [3.05, 3.63) is 54.2 Å². The SMILES string of the molecule is CN(C)S(=O)(=O)c1ccc(-c2csc(Nc3ccc4nc[nH]c4c3)n2)cc1. The van der Waals surface area contributed by atoms with Crippen molar-refractivity contribution in [3.63, 3.8) is 0 Å². The first-order valence-electron chi connectivity index (χ1n) is 8.12. The highest BCUT2D eigenvalue weighted by molar-refractivity contribution is 7.89. The molecule has 0 spiro atoms. The minimum absolute atomic E-state index is 0.262. The Morgan fingerprint density at radius 3 is 2.63 bits per heavy atom. The lowest BCUT2D eigenvalue weighted by atomic mass is 10.2. The smallest absolute Gasteiger partial charge is 0.242 e. The fourth-order valence-corrected chi connectivity index (χ4v) is 4.25. The summed E-state index contributed by atoms with van der Waals surface area (Å²) in [5.41, 5.74) is 4.43. The predicted octanol–water partition coefficient (Wildman–Crippen LogP) is 3.68. The average Bonchev–Trinajstić information content (AvgIpc) is 3.30. The van der Waals surface area contributed by atoms with E-state index < -0.39 is 10.0 Å². The van der Waals surface area contributed by atoms with Gasteiger partial charge in [0.1, 0.15) is 0 Å². The summed E-state index contributed by atoms with van der Waals surface area (Å²) in [4.78, 5) is 12.1. The van der Waals surface area contributed by atoms with Gasteiger partial charge in [0.05, 0.1) is 28.0 Å². The highest BCUT2D eigenvalue weighted by Gasteiger charge is 2.17. The van der Waals surface area contributed by atoms with E-state index in [-0.39, 0.29) is 4.90 Å². The summed E-state index contributed by atoms with van der Waals surface area (Å²) in [6.07, 6.45) is 1.66. The Hall–Kier alpha value is -2.75. The molecule has 0 bridgehead atoms. The van der Waals surface area contributed by atoms with Crippen molar-refractivity contribution >= 4 is 43.2 Å². The average molecular weight is 400 g/mol. The van der Waals surface area contributed by atoms with Crippen LogP contribution in [0.1, 0.15) is 0 Å². The van der Waals surface area contributed by atoms with Crippen LogP contribution in [0.25, 0.3) is 22.3 Å². The Morgan fingerprint density at radius 1 is 1.11 bits per heavy atom. The van der Waals surface area contributed by atoms with Crippen LogP contribution in [0.5, 0.6) is 0 Å². The molecule has 2 aromatic heterocycles. The Balaban J connectivity index is 1.55. The molecule has 0 radical (unpaired) electrons. The molecule has 2 heterocycles. The van der Waals surface area contributed by atoms with Gasteiger partial charge in [0, 0.05) is 30.7 Å². The van der Waals surface area contributed by atoms with E-state index in [1.807, 2.05) is 23.6 Å². The molecule has 7 nitrogen and oxygen atoms in total. The Bertz CT molecular complexity index is 1190. The van der Waals surface area contributed by atoms with Crippen LogP contribution in [0.4, 0.5) is 10.8 Å². The van der Waals surface area contributed by atoms with Gasteiger partial charge in [-0.05, 0) is 30.3 Å². The van der Waals surface area contributed by atoms with Gasteiger partial charge in [-0.15, -0.1) is 11.3 Å². The molecule has 0 aliphatic heterocycles. The third-order valence-electron chi connectivity index (χ3n) is 4.10. The fourth-order valence-electron chi connectivity index (χ4n) is 2.61. The lowest BCUT2D eigenvalue weighted by molar-refractivity contribution is 0.521. The van der Waals surface area contributed by atoms with Gasteiger partial charge in [0.2, 0.25) is 10.0 Å². The molecule has 0 amide bonds. The third kappa shape index (κ3) is 3.44. The summed E-state index contributed by atoms with van der Waals surface area (Å²) in [5, 5.41) is 5.98. The first kappa shape index (κ1) is 17.7. The first-order valence-corrected chi connectivity index (χ1v) is 10.4. The van der Waals surface area contributed by atoms with Crippen LogP contribution in [0.15, 0.2) is 59.1 Å². The van der Waals surface area contributed by atoms with Gasteiger partial charge in [-0.2, -0.15) is 0 Å². The molecule has 27 heavy (non-hydrogen) atoms. The molecule has 138 valence electrons. The van der Waals surface area contributed by atoms with Crippen LogP contribution in [0.3, 0.4) is 0 Å². The number of hydrogen-bond acceptors (Lipinski definition) is 6. The number of imidazole rings is 1. The monoisotopic (exact) mass is 399 g/mol. The third-order valence-corrected chi connectivity index (χ3v) is 6.69. The van der Waals surface area contributed by atoms with E-state index in [0.717, 1.165) is 33.1 Å². The van der Waals surface area contributed by atoms with Crippen molar-refractivity contribution in [2.75, 3.05) is 19.4 Å². The minimum Gasteiger partial charge on any atom is -0.345 e. The molecule has 2 aromatic carbocycles. The lowest BCUT2D eigenvalue weighted by Crippen LogP contribution is -2.22. The number of hydrogen-bond donors (Lipinski definition) is 2. The molecule has 0 saturated carbocycles. The topological polar surface area (TPSA) is 91.0 Å². The largest absolute Gasteiger partial charge is 0.345 e. The van der Waals surface area contributed by atoms with E-state index in [1.54, 1.807) is 30.6 Å². The first-order chi connectivity index (χ1) is 12.9. The number of benzene rings is 2. The quantitative estimate of drug-likeness (QED) is 0.534. The predicted molar refractivity (Wildman–Crippen MR) is 108 cm³/mol. The summed E-state index contributed by atoms with van der Waals surface area (Å²) in [7, 11) is -0.397. The number of nitrogens with zero attached hydrogens (tertiary/aromatic N) is 3. The number of fused-ring (bicyclic) bond motifs is 1. The van der Waals surface area contributed by atoms with Gasteiger partial charge in [0.15, 0.2) is 5.13 Å². The maximum Gasteiger partial charge on any atom is 0.242 e. The number of aromatic amines is 1. The van der Waals surface area contributed by atoms with Gasteiger partial charge in [0.25, 0.3) is 0 Å². The zero-order valence-electron chi connectivity index (χ0n) is 14.7. The van der Waals surface area contributed by atoms with E-state index in [4.69, 9.17) is 0 Å². The van der Waals surface area contributed by atoms with Gasteiger partial charge in [-0.3, -0.25) is 0 Å². The molecule has 9 heteroatoms. The van der Waals surface area contributed by atoms with E-state index in [1.165, 1.54) is 29.7 Å². The van der Waals surface area contributed by atoms with Crippen molar-refractivity contribution in [1.29, 1.82) is 0 Å². The highest BCUT2D eigenvalue weighted by Crippen LogP contribution is 2.28. The number of H-pyrrole nitrogens is 1. The number of rotatable bonds is 5. The molecule has 0 aliphatic carbocycles. The Morgan fingerprint density at radius 2 is 1.89 bits per heavy atom. The van der Waals surface area contributed by atoms with Gasteiger partial charge in [-0.25, -0.2) is 22.7 Å². The Kier molecular flexibility index (Phi) is 4.42. The summed E-state index contributed by atoms with van der Waals surface area (Å²) >= 11 is 1.49. The number of aromatic nitrogens is 3. The van der Waals surface area contributed by atoms with Crippen molar-refractivity contribution in [3.8, 4) is 11.3 Å². The molecule has 2 N–H and O–H groups in total. The molecular weight excluding hydrogens is 382 g/mol. The zero-order chi connectivity index (χ0) is 19.0. The lowest BCUT2D eigenvalue weighted by Gasteiger charge is -2.11. The van der Waals surface area contributed by atoms with Crippen LogP contribution in [-0.4, -0.2) is 41.8 Å². The second-order valence-corrected chi connectivity index (χ2v) is 9.12. The Labute approximate surface area is 160 Å². The van der Waals surface area contributed by atoms with Crippen LogP contribution < -0.4 is 5.32 Å². The summed E-state index contributed by atoms with van der Waals surface area (Å²) in [5.74, 6) is 0. The van der Waals surface area contributed by atoms with E-state index in [0.29, 0.717) is 0 Å². The van der Waals surface area contributed by atoms with Crippen LogP contribution in [0.2, 0.25) is 0 Å². The van der Waals surface area contributed by atoms with Crippen LogP contribution >= 0.6 is 11.3 Å². The van der Waals surface area contributed by atoms with Crippen LogP contribution in [-0.2, 0) is 10.0 Å². The standard InChI is InChI=1S/C18H17N5O2S2/c1-23(2)27(24,25)14-6-3-12(4-7-14)17-10-26-18(22-17)21-13-5-8-15-16(9-13)20-11-19-15/h3-11H,1-2H3,(H,19,20)(H,21,22). The van der Waals surface area contributed by atoms with E-state index in [2.05, 4.69) is 20.3 Å². The molecule has 0 unspecified atom stereocenters. The van der Waals surface area contributed by atoms with Gasteiger partial charge >= 0.3 is 0 Å². The number of anilines is 2. The molecule has 0 fully saturated rings. The number of nitrogens with one attached hydrogen (secondary N) is 2. The van der Waals surface area contributed by atoms with Crippen molar-refractivity contribution in [1.82, 2.24) is 19.3 Å². The molecule has 0 atom stereocenters. The van der Waals surface area contributed by atoms with E-state index in [9.17, 15) is 8.42 Å². The summed E-state index contributed by atoms with van der Waals surface area (Å²) < 4.78 is 25.5.